The average molecular weight is 514 g/mol. The van der Waals surface area contributed by atoms with Crippen molar-refractivity contribution in [3.8, 4) is 10.6 Å². The van der Waals surface area contributed by atoms with Crippen LogP contribution in [0.25, 0.3) is 15.0 Å². The van der Waals surface area contributed by atoms with Crippen LogP contribution in [0.2, 0.25) is 0 Å². The molecule has 0 N–H and O–H groups in total. The highest BCUT2D eigenvalue weighted by Crippen LogP contribution is 2.44. The molecule has 1 heterocycles. The zero-order chi connectivity index (χ0) is 26.3. The Morgan fingerprint density at radius 3 is 2.06 bits per heavy atom. The molecule has 4 rings (SSSR count). The minimum absolute atomic E-state index is 0.159. The van der Waals surface area contributed by atoms with Crippen LogP contribution in [0.15, 0.2) is 66.0 Å². The molecule has 1 atom stereocenters. The number of ether oxygens (including phenoxy) is 2. The van der Waals surface area contributed by atoms with Crippen LogP contribution in [0.4, 0.5) is 13.2 Å². The molecule has 0 bridgehead atoms. The number of rotatable bonds is 6. The van der Waals surface area contributed by atoms with Gasteiger partial charge in [0.2, 0.25) is 0 Å². The molecule has 3 aromatic carbocycles. The maximum absolute atomic E-state index is 12.8. The van der Waals surface area contributed by atoms with Crippen molar-refractivity contribution in [1.82, 2.24) is 0 Å². The smallest absolute Gasteiger partial charge is 0.416 e. The molecule has 1 aromatic heterocycles. The van der Waals surface area contributed by atoms with Gasteiger partial charge in [0.05, 0.1) is 5.56 Å². The van der Waals surface area contributed by atoms with Crippen molar-refractivity contribution in [2.45, 2.75) is 46.4 Å². The second kappa shape index (κ2) is 9.62. The maximum atomic E-state index is 12.8. The second-order valence-electron chi connectivity index (χ2n) is 9.37. The van der Waals surface area contributed by atoms with Gasteiger partial charge in [-0.05, 0) is 75.6 Å². The molecule has 188 valence electrons. The number of aryl methyl sites for hydroxylation is 3. The van der Waals surface area contributed by atoms with Gasteiger partial charge in [-0.3, -0.25) is 0 Å². The number of alkyl halides is 3. The van der Waals surface area contributed by atoms with Crippen LogP contribution in [-0.2, 0) is 21.3 Å². The quantitative estimate of drug-likeness (QED) is 0.192. The average Bonchev–Trinajstić information content (AvgIpc) is 3.14. The summed E-state index contributed by atoms with van der Waals surface area (Å²) in [5.41, 5.74) is 1.70. The minimum atomic E-state index is -4.42. The minimum Gasteiger partial charge on any atom is -0.481 e. The van der Waals surface area contributed by atoms with E-state index in [9.17, 15) is 18.0 Å². The van der Waals surface area contributed by atoms with E-state index < -0.39 is 23.3 Å². The number of esters is 1. The first-order chi connectivity index (χ1) is 16.9. The molecule has 0 aliphatic carbocycles. The SMILES string of the molecule is Cc1cc(-[s+]2cc(C)c3ccccc32)cc(C)c1OCC(=O)OC(C)(C)c1ccc(C(F)(F)F)cc1. The van der Waals surface area contributed by atoms with Crippen molar-refractivity contribution < 1.29 is 27.4 Å². The fraction of sp³-hybridized carbons (Fsp3) is 0.276. The van der Waals surface area contributed by atoms with Crippen LogP contribution in [0.5, 0.6) is 5.75 Å². The van der Waals surface area contributed by atoms with Gasteiger partial charge < -0.3 is 9.47 Å². The van der Waals surface area contributed by atoms with Crippen LogP contribution in [0.1, 0.15) is 41.7 Å². The van der Waals surface area contributed by atoms with Gasteiger partial charge in [0.15, 0.2) is 16.2 Å². The molecule has 0 spiro atoms. The van der Waals surface area contributed by atoms with Crippen LogP contribution in [-0.4, -0.2) is 12.6 Å². The van der Waals surface area contributed by atoms with Crippen molar-refractivity contribution in [2.75, 3.05) is 6.61 Å². The summed E-state index contributed by atoms with van der Waals surface area (Å²) in [6, 6.07) is 17.2. The van der Waals surface area contributed by atoms with Gasteiger partial charge in [-0.2, -0.15) is 13.2 Å². The monoisotopic (exact) mass is 513 g/mol. The van der Waals surface area contributed by atoms with E-state index >= 15 is 0 Å². The van der Waals surface area contributed by atoms with Gasteiger partial charge in [0.1, 0.15) is 16.7 Å². The third-order valence-corrected chi connectivity index (χ3v) is 8.30. The van der Waals surface area contributed by atoms with Crippen molar-refractivity contribution >= 4 is 26.5 Å². The number of hydrogen-bond donors (Lipinski definition) is 0. The highest BCUT2D eigenvalue weighted by atomic mass is 32.2. The van der Waals surface area contributed by atoms with Crippen LogP contribution >= 0.6 is 10.5 Å². The van der Waals surface area contributed by atoms with E-state index in [0.29, 0.717) is 11.3 Å². The number of carbonyl (C=O) groups excluding carboxylic acids is 1. The zero-order valence-electron chi connectivity index (χ0n) is 20.8. The van der Waals surface area contributed by atoms with Gasteiger partial charge in [-0.15, -0.1) is 0 Å². The van der Waals surface area contributed by atoms with Gasteiger partial charge in [-0.1, -0.05) is 24.3 Å². The van der Waals surface area contributed by atoms with Crippen LogP contribution in [0.3, 0.4) is 0 Å². The first-order valence-electron chi connectivity index (χ1n) is 11.5. The number of hydrogen-bond acceptors (Lipinski definition) is 3. The lowest BCUT2D eigenvalue weighted by Crippen LogP contribution is -2.29. The Kier molecular flexibility index (Phi) is 6.88. The predicted molar refractivity (Wildman–Crippen MR) is 138 cm³/mol. The lowest BCUT2D eigenvalue weighted by atomic mass is 9.97. The van der Waals surface area contributed by atoms with Crippen molar-refractivity contribution in [3.05, 3.63) is 93.9 Å². The standard InChI is InChI=1S/C29H28F3O3S/c1-18-14-23(36-17-20(3)24-8-6-7-9-25(24)36)15-19(2)27(18)34-16-26(33)35-28(4,5)21-10-12-22(13-11-21)29(30,31)32/h6-15,17H,16H2,1-5H3/q+1. The van der Waals surface area contributed by atoms with E-state index in [1.165, 1.54) is 32.7 Å². The van der Waals surface area contributed by atoms with Gasteiger partial charge in [0, 0.05) is 33.6 Å². The summed E-state index contributed by atoms with van der Waals surface area (Å²) in [7, 11) is -0.159. The first kappa shape index (κ1) is 25.8. The van der Waals surface area contributed by atoms with E-state index in [0.717, 1.165) is 23.3 Å². The molecule has 7 heteroatoms. The number of thiophene rings is 1. The van der Waals surface area contributed by atoms with Crippen LogP contribution < -0.4 is 4.74 Å². The summed E-state index contributed by atoms with van der Waals surface area (Å²) >= 11 is 0. The summed E-state index contributed by atoms with van der Waals surface area (Å²) in [6.45, 7) is 8.99. The normalized spacial score (nSPS) is 12.6. The Bertz CT molecular complexity index is 1390. The molecular weight excluding hydrogens is 485 g/mol. The largest absolute Gasteiger partial charge is 0.481 e. The van der Waals surface area contributed by atoms with E-state index in [-0.39, 0.29) is 17.1 Å². The second-order valence-corrected chi connectivity index (χ2v) is 11.2. The van der Waals surface area contributed by atoms with E-state index in [4.69, 9.17) is 9.47 Å². The highest BCUT2D eigenvalue weighted by Gasteiger charge is 2.32. The van der Waals surface area contributed by atoms with Crippen LogP contribution in [0, 0.1) is 20.8 Å². The van der Waals surface area contributed by atoms with Crippen molar-refractivity contribution in [2.24, 2.45) is 0 Å². The Morgan fingerprint density at radius 1 is 0.861 bits per heavy atom. The Hall–Kier alpha value is -3.32. The lowest BCUT2D eigenvalue weighted by Gasteiger charge is -2.26. The topological polar surface area (TPSA) is 35.5 Å². The fourth-order valence-electron chi connectivity index (χ4n) is 4.31. The molecule has 3 nitrogen and oxygen atoms in total. The number of benzene rings is 3. The van der Waals surface area contributed by atoms with E-state index in [1.807, 2.05) is 13.8 Å². The fourth-order valence-corrected chi connectivity index (χ4v) is 6.61. The first-order valence-corrected chi connectivity index (χ1v) is 12.8. The molecule has 0 amide bonds. The molecule has 36 heavy (non-hydrogen) atoms. The molecule has 0 aliphatic heterocycles. The van der Waals surface area contributed by atoms with Gasteiger partial charge in [0.25, 0.3) is 0 Å². The summed E-state index contributed by atoms with van der Waals surface area (Å²) in [6.07, 6.45) is -4.42. The Morgan fingerprint density at radius 2 is 1.44 bits per heavy atom. The Labute approximate surface area is 211 Å². The summed E-state index contributed by atoms with van der Waals surface area (Å²) < 4.78 is 51.2. The van der Waals surface area contributed by atoms with E-state index in [1.54, 1.807) is 13.8 Å². The number of carbonyl (C=O) groups is 1. The molecule has 1 unspecified atom stereocenters. The third-order valence-electron chi connectivity index (χ3n) is 6.14. The number of halogens is 3. The molecule has 4 aromatic rings. The molecule has 0 radical (unpaired) electrons. The highest BCUT2D eigenvalue weighted by molar-refractivity contribution is 7.43. The molecule has 0 fully saturated rings. The predicted octanol–water partition coefficient (Wildman–Crippen LogP) is 8.38. The Balaban J connectivity index is 1.47. The molecule has 0 saturated carbocycles. The lowest BCUT2D eigenvalue weighted by molar-refractivity contribution is -0.160. The van der Waals surface area contributed by atoms with Crippen molar-refractivity contribution in [3.63, 3.8) is 0 Å². The maximum Gasteiger partial charge on any atom is 0.416 e. The van der Waals surface area contributed by atoms with E-state index in [2.05, 4.69) is 48.7 Å². The summed E-state index contributed by atoms with van der Waals surface area (Å²) in [4.78, 5) is 13.8. The third kappa shape index (κ3) is 5.26. The molecular formula is C29H28F3O3S+. The summed E-state index contributed by atoms with van der Waals surface area (Å²) in [5.74, 6) is 0.0211. The zero-order valence-corrected chi connectivity index (χ0v) is 21.6. The van der Waals surface area contributed by atoms with Crippen molar-refractivity contribution in [1.29, 1.82) is 0 Å². The van der Waals surface area contributed by atoms with Gasteiger partial charge in [-0.25, -0.2) is 4.79 Å². The number of fused-ring (bicyclic) bond motifs is 1. The molecule has 0 saturated heterocycles. The molecule has 0 aliphatic rings. The summed E-state index contributed by atoms with van der Waals surface area (Å²) in [5, 5.41) is 3.56. The van der Waals surface area contributed by atoms with Gasteiger partial charge >= 0.3 is 12.1 Å².